The molecule has 0 spiro atoms. The Hall–Kier alpha value is -2.55. The molecule has 0 atom stereocenters. The maximum Gasteiger partial charge on any atom is 0.171 e. The van der Waals surface area contributed by atoms with Crippen LogP contribution in [0, 0.1) is 18.3 Å². The normalized spacial score (nSPS) is 9.75. The van der Waals surface area contributed by atoms with Crippen LogP contribution in [0.5, 0.6) is 0 Å². The molecule has 0 aliphatic carbocycles. The molecule has 0 fully saturated rings. The Morgan fingerprint density at radius 2 is 2.38 bits per heavy atom. The van der Waals surface area contributed by atoms with Crippen molar-refractivity contribution in [2.45, 2.75) is 6.92 Å². The van der Waals surface area contributed by atoms with Gasteiger partial charge in [-0.25, -0.2) is 9.67 Å². The molecule has 0 amide bonds. The summed E-state index contributed by atoms with van der Waals surface area (Å²) in [5, 5.41) is 16.1. The molecule has 0 radical (unpaired) electrons. The topological polar surface area (TPSA) is 84.5 Å². The number of hydrogen-bond donors (Lipinski definition) is 0. The SMILES string of the molecule is Cc1cc(-n2cc(C=O)nn2)ncc1C#N. The third-order valence-electron chi connectivity index (χ3n) is 2.08. The molecule has 0 aromatic carbocycles. The van der Waals surface area contributed by atoms with Crippen molar-refractivity contribution in [2.24, 2.45) is 0 Å². The van der Waals surface area contributed by atoms with E-state index in [1.807, 2.05) is 6.07 Å². The first-order valence-corrected chi connectivity index (χ1v) is 4.49. The highest BCUT2D eigenvalue weighted by Gasteiger charge is 2.05. The zero-order valence-corrected chi connectivity index (χ0v) is 8.45. The molecule has 2 aromatic rings. The molecular weight excluding hydrogens is 206 g/mol. The van der Waals surface area contributed by atoms with Gasteiger partial charge in [-0.2, -0.15) is 5.26 Å². The van der Waals surface area contributed by atoms with Crippen LogP contribution in [0.1, 0.15) is 21.6 Å². The van der Waals surface area contributed by atoms with Gasteiger partial charge in [0.25, 0.3) is 0 Å². The summed E-state index contributed by atoms with van der Waals surface area (Å²) in [5.74, 6) is 0.525. The van der Waals surface area contributed by atoms with E-state index in [2.05, 4.69) is 15.3 Å². The molecule has 2 heterocycles. The molecule has 2 rings (SSSR count). The molecule has 6 nitrogen and oxygen atoms in total. The lowest BCUT2D eigenvalue weighted by Gasteiger charge is -2.01. The largest absolute Gasteiger partial charge is 0.296 e. The number of aldehydes is 1. The second-order valence-electron chi connectivity index (χ2n) is 3.18. The molecule has 0 aliphatic heterocycles. The molecule has 0 N–H and O–H groups in total. The van der Waals surface area contributed by atoms with Crippen molar-refractivity contribution in [3.8, 4) is 11.9 Å². The molecule has 0 unspecified atom stereocenters. The molecular formula is C10H7N5O. The summed E-state index contributed by atoms with van der Waals surface area (Å²) in [6.07, 6.45) is 3.55. The van der Waals surface area contributed by atoms with Gasteiger partial charge >= 0.3 is 0 Å². The van der Waals surface area contributed by atoms with E-state index in [1.165, 1.54) is 17.1 Å². The molecule has 0 aliphatic rings. The zero-order chi connectivity index (χ0) is 11.5. The Kier molecular flexibility index (Phi) is 2.44. The maximum absolute atomic E-state index is 10.4. The first kappa shape index (κ1) is 9.98. The number of hydrogen-bond acceptors (Lipinski definition) is 5. The van der Waals surface area contributed by atoms with Crippen LogP contribution in [-0.4, -0.2) is 26.3 Å². The Balaban J connectivity index is 2.45. The molecule has 0 saturated heterocycles. The minimum atomic E-state index is 0.240. The number of carbonyl (C=O) groups excluding carboxylic acids is 1. The van der Waals surface area contributed by atoms with E-state index in [9.17, 15) is 4.79 Å². The predicted octanol–water partition coefficient (Wildman–Crippen LogP) is 0.655. The van der Waals surface area contributed by atoms with Gasteiger partial charge in [0.2, 0.25) is 0 Å². The number of nitrogens with zero attached hydrogens (tertiary/aromatic N) is 5. The summed E-state index contributed by atoms with van der Waals surface area (Å²) in [6, 6.07) is 3.74. The zero-order valence-electron chi connectivity index (χ0n) is 8.45. The lowest BCUT2D eigenvalue weighted by atomic mass is 10.2. The fraction of sp³-hybridized carbons (Fsp3) is 0.100. The van der Waals surface area contributed by atoms with Crippen molar-refractivity contribution in [3.63, 3.8) is 0 Å². The highest BCUT2D eigenvalue weighted by atomic mass is 16.1. The van der Waals surface area contributed by atoms with Crippen LogP contribution < -0.4 is 0 Å². The number of carbonyl (C=O) groups is 1. The van der Waals surface area contributed by atoms with E-state index in [0.29, 0.717) is 17.7 Å². The quantitative estimate of drug-likeness (QED) is 0.684. The monoisotopic (exact) mass is 213 g/mol. The molecule has 0 saturated carbocycles. The van der Waals surface area contributed by atoms with Crippen LogP contribution in [0.3, 0.4) is 0 Å². The van der Waals surface area contributed by atoms with Gasteiger partial charge in [-0.1, -0.05) is 5.21 Å². The number of rotatable bonds is 2. The number of aromatic nitrogens is 4. The lowest BCUT2D eigenvalue weighted by molar-refractivity contribution is 0.111. The number of pyridine rings is 1. The van der Waals surface area contributed by atoms with Crippen LogP contribution >= 0.6 is 0 Å². The van der Waals surface area contributed by atoms with Gasteiger partial charge in [0.05, 0.1) is 11.8 Å². The first-order valence-electron chi connectivity index (χ1n) is 4.49. The summed E-state index contributed by atoms with van der Waals surface area (Å²) < 4.78 is 1.39. The van der Waals surface area contributed by atoms with Gasteiger partial charge in [0.15, 0.2) is 12.1 Å². The van der Waals surface area contributed by atoms with Crippen molar-refractivity contribution >= 4 is 6.29 Å². The third kappa shape index (κ3) is 1.66. The van der Waals surface area contributed by atoms with Crippen LogP contribution in [0.2, 0.25) is 0 Å². The van der Waals surface area contributed by atoms with Gasteiger partial charge in [-0.05, 0) is 18.6 Å². The smallest absolute Gasteiger partial charge is 0.171 e. The predicted molar refractivity (Wildman–Crippen MR) is 54.0 cm³/mol. The highest BCUT2D eigenvalue weighted by Crippen LogP contribution is 2.09. The van der Waals surface area contributed by atoms with E-state index >= 15 is 0 Å². The Morgan fingerprint density at radius 1 is 1.56 bits per heavy atom. The minimum Gasteiger partial charge on any atom is -0.296 e. The summed E-state index contributed by atoms with van der Waals surface area (Å²) >= 11 is 0. The summed E-state index contributed by atoms with van der Waals surface area (Å²) in [6.45, 7) is 1.81. The molecule has 2 aromatic heterocycles. The average molecular weight is 213 g/mol. The van der Waals surface area contributed by atoms with Crippen molar-refractivity contribution in [1.29, 1.82) is 5.26 Å². The molecule has 6 heteroatoms. The van der Waals surface area contributed by atoms with E-state index in [-0.39, 0.29) is 5.69 Å². The summed E-state index contributed by atoms with van der Waals surface area (Å²) in [7, 11) is 0. The highest BCUT2D eigenvalue weighted by molar-refractivity contribution is 5.70. The van der Waals surface area contributed by atoms with Gasteiger partial charge in [0, 0.05) is 6.20 Å². The Bertz CT molecular complexity index is 581. The average Bonchev–Trinajstić information content (AvgIpc) is 2.77. The summed E-state index contributed by atoms with van der Waals surface area (Å²) in [4.78, 5) is 14.5. The lowest BCUT2D eigenvalue weighted by Crippen LogP contribution is -1.99. The van der Waals surface area contributed by atoms with E-state index in [1.54, 1.807) is 13.0 Å². The van der Waals surface area contributed by atoms with Gasteiger partial charge in [0.1, 0.15) is 11.8 Å². The van der Waals surface area contributed by atoms with Crippen LogP contribution in [-0.2, 0) is 0 Å². The van der Waals surface area contributed by atoms with E-state index < -0.39 is 0 Å². The van der Waals surface area contributed by atoms with Gasteiger partial charge in [-0.15, -0.1) is 5.10 Å². The van der Waals surface area contributed by atoms with Crippen LogP contribution in [0.4, 0.5) is 0 Å². The third-order valence-corrected chi connectivity index (χ3v) is 2.08. The maximum atomic E-state index is 10.4. The second kappa shape index (κ2) is 3.90. The van der Waals surface area contributed by atoms with E-state index in [4.69, 9.17) is 5.26 Å². The minimum absolute atomic E-state index is 0.240. The number of nitriles is 1. The van der Waals surface area contributed by atoms with Crippen LogP contribution in [0.25, 0.3) is 5.82 Å². The van der Waals surface area contributed by atoms with Gasteiger partial charge < -0.3 is 0 Å². The molecule has 16 heavy (non-hydrogen) atoms. The fourth-order valence-electron chi connectivity index (χ4n) is 1.23. The van der Waals surface area contributed by atoms with Gasteiger partial charge in [-0.3, -0.25) is 4.79 Å². The first-order chi connectivity index (χ1) is 7.74. The van der Waals surface area contributed by atoms with Crippen molar-refractivity contribution in [3.05, 3.63) is 35.3 Å². The Morgan fingerprint density at radius 3 is 2.94 bits per heavy atom. The summed E-state index contributed by atoms with van der Waals surface area (Å²) in [5.41, 5.74) is 1.55. The van der Waals surface area contributed by atoms with Crippen molar-refractivity contribution in [2.75, 3.05) is 0 Å². The van der Waals surface area contributed by atoms with Crippen LogP contribution in [0.15, 0.2) is 18.5 Å². The fourth-order valence-corrected chi connectivity index (χ4v) is 1.23. The van der Waals surface area contributed by atoms with E-state index in [0.717, 1.165) is 5.56 Å². The molecule has 0 bridgehead atoms. The number of aryl methyl sites for hydroxylation is 1. The standard InChI is InChI=1S/C10H7N5O/c1-7-2-10(12-4-8(7)3-11)15-5-9(6-16)13-14-15/h2,4-6H,1H3. The van der Waals surface area contributed by atoms with Crippen molar-refractivity contribution < 1.29 is 4.79 Å². The molecule has 78 valence electrons. The second-order valence-corrected chi connectivity index (χ2v) is 3.18. The Labute approximate surface area is 91.2 Å². The van der Waals surface area contributed by atoms with Crippen molar-refractivity contribution in [1.82, 2.24) is 20.0 Å².